The molecule has 2 amide bonds. The van der Waals surface area contributed by atoms with Gasteiger partial charge in [-0.05, 0) is 12.1 Å². The van der Waals surface area contributed by atoms with E-state index < -0.39 is 16.7 Å². The maximum atomic E-state index is 12.1. The molecule has 0 heterocycles. The molecule has 2 aromatic carbocycles. The van der Waals surface area contributed by atoms with Gasteiger partial charge in [0.25, 0.3) is 17.5 Å². The molecule has 0 spiro atoms. The summed E-state index contributed by atoms with van der Waals surface area (Å²) in [6.45, 7) is -0.289. The minimum atomic E-state index is -0.546. The first-order valence-electron chi connectivity index (χ1n) is 7.49. The molecule has 0 radical (unpaired) electrons. The van der Waals surface area contributed by atoms with Crippen LogP contribution in [0.4, 0.5) is 5.69 Å². The van der Waals surface area contributed by atoms with Crippen LogP contribution in [0.15, 0.2) is 53.6 Å². The molecule has 2 rings (SSSR count). The molecule has 0 bridgehead atoms. The van der Waals surface area contributed by atoms with Crippen LogP contribution >= 0.6 is 0 Å². The number of methoxy groups -OCH3 is 1. The van der Waals surface area contributed by atoms with Crippen molar-refractivity contribution >= 4 is 23.7 Å². The maximum Gasteiger partial charge on any atom is 0.270 e. The standard InChI is InChI=1S/C17H16N4O5/c1-26-15-8-3-2-7-14(15)17(23)18-11-16(22)20-19-10-12-5-4-6-13(9-12)21(24)25/h2-10H,11H2,1H3,(H,18,23)(H,20,22)/b19-10+. The molecular weight excluding hydrogens is 340 g/mol. The van der Waals surface area contributed by atoms with Crippen LogP contribution in [0.1, 0.15) is 15.9 Å². The molecule has 0 aliphatic rings. The van der Waals surface area contributed by atoms with E-state index in [9.17, 15) is 19.7 Å². The van der Waals surface area contributed by atoms with Gasteiger partial charge in [0.15, 0.2) is 0 Å². The number of hydrogen-bond acceptors (Lipinski definition) is 6. The highest BCUT2D eigenvalue weighted by Gasteiger charge is 2.12. The van der Waals surface area contributed by atoms with E-state index in [2.05, 4.69) is 15.8 Å². The lowest BCUT2D eigenvalue weighted by Crippen LogP contribution is -2.35. The van der Waals surface area contributed by atoms with E-state index in [4.69, 9.17) is 4.74 Å². The number of nitro benzene ring substituents is 1. The summed E-state index contributed by atoms with van der Waals surface area (Å²) in [5.74, 6) is -0.607. The van der Waals surface area contributed by atoms with Crippen LogP contribution in [-0.4, -0.2) is 36.6 Å². The number of rotatable bonds is 7. The fourth-order valence-corrected chi connectivity index (χ4v) is 2.03. The number of para-hydroxylation sites is 1. The molecule has 0 aromatic heterocycles. The topological polar surface area (TPSA) is 123 Å². The molecule has 134 valence electrons. The van der Waals surface area contributed by atoms with E-state index >= 15 is 0 Å². The van der Waals surface area contributed by atoms with Crippen molar-refractivity contribution in [2.45, 2.75) is 0 Å². The summed E-state index contributed by atoms with van der Waals surface area (Å²) in [6, 6.07) is 12.4. The number of amides is 2. The van der Waals surface area contributed by atoms with Crippen molar-refractivity contribution in [1.82, 2.24) is 10.7 Å². The molecule has 0 fully saturated rings. The molecule has 26 heavy (non-hydrogen) atoms. The Bertz CT molecular complexity index is 851. The summed E-state index contributed by atoms with van der Waals surface area (Å²) < 4.78 is 5.08. The molecule has 9 heteroatoms. The Morgan fingerprint density at radius 3 is 2.73 bits per heavy atom. The van der Waals surface area contributed by atoms with Crippen LogP contribution in [0.2, 0.25) is 0 Å². The van der Waals surface area contributed by atoms with E-state index in [0.29, 0.717) is 16.9 Å². The third-order valence-corrected chi connectivity index (χ3v) is 3.25. The molecule has 2 aromatic rings. The normalized spacial score (nSPS) is 10.3. The Kier molecular flexibility index (Phi) is 6.38. The molecule has 0 aliphatic heterocycles. The van der Waals surface area contributed by atoms with Crippen molar-refractivity contribution in [2.24, 2.45) is 5.10 Å². The van der Waals surface area contributed by atoms with Crippen molar-refractivity contribution in [3.8, 4) is 5.75 Å². The SMILES string of the molecule is COc1ccccc1C(=O)NCC(=O)N/N=C/c1cccc([N+](=O)[O-])c1. The van der Waals surface area contributed by atoms with Gasteiger partial charge in [0, 0.05) is 17.7 Å². The van der Waals surface area contributed by atoms with Gasteiger partial charge < -0.3 is 10.1 Å². The number of carbonyl (C=O) groups excluding carboxylic acids is 2. The summed E-state index contributed by atoms with van der Waals surface area (Å²) in [5.41, 5.74) is 2.91. The van der Waals surface area contributed by atoms with Gasteiger partial charge in [0.2, 0.25) is 0 Å². The second kappa shape index (κ2) is 8.92. The Labute approximate surface area is 148 Å². The van der Waals surface area contributed by atoms with Gasteiger partial charge in [-0.15, -0.1) is 0 Å². The summed E-state index contributed by atoms with van der Waals surface area (Å²) in [6.07, 6.45) is 1.27. The molecule has 9 nitrogen and oxygen atoms in total. The summed E-state index contributed by atoms with van der Waals surface area (Å²) in [4.78, 5) is 33.9. The summed E-state index contributed by atoms with van der Waals surface area (Å²) >= 11 is 0. The molecular formula is C17H16N4O5. The van der Waals surface area contributed by atoms with Crippen molar-refractivity contribution in [1.29, 1.82) is 0 Å². The van der Waals surface area contributed by atoms with Crippen molar-refractivity contribution in [3.63, 3.8) is 0 Å². The van der Waals surface area contributed by atoms with Gasteiger partial charge in [-0.1, -0.05) is 24.3 Å². The number of non-ortho nitro benzene ring substituents is 1. The van der Waals surface area contributed by atoms with E-state index in [-0.39, 0.29) is 12.2 Å². The summed E-state index contributed by atoms with van der Waals surface area (Å²) in [7, 11) is 1.45. The molecule has 0 saturated carbocycles. The van der Waals surface area contributed by atoms with Crippen LogP contribution < -0.4 is 15.5 Å². The number of hydrogen-bond donors (Lipinski definition) is 2. The lowest BCUT2D eigenvalue weighted by Gasteiger charge is -2.08. The first kappa shape index (κ1) is 18.6. The number of hydrazone groups is 1. The van der Waals surface area contributed by atoms with Gasteiger partial charge in [-0.3, -0.25) is 19.7 Å². The fourth-order valence-electron chi connectivity index (χ4n) is 2.03. The fraction of sp³-hybridized carbons (Fsp3) is 0.118. The quantitative estimate of drug-likeness (QED) is 0.442. The smallest absolute Gasteiger partial charge is 0.270 e. The van der Waals surface area contributed by atoms with Gasteiger partial charge in [-0.2, -0.15) is 5.10 Å². The Balaban J connectivity index is 1.86. The lowest BCUT2D eigenvalue weighted by molar-refractivity contribution is -0.384. The van der Waals surface area contributed by atoms with Gasteiger partial charge >= 0.3 is 0 Å². The molecule has 0 saturated heterocycles. The van der Waals surface area contributed by atoms with Crippen molar-refractivity contribution in [3.05, 3.63) is 69.8 Å². The zero-order chi connectivity index (χ0) is 18.9. The monoisotopic (exact) mass is 356 g/mol. The van der Waals surface area contributed by atoms with Gasteiger partial charge in [-0.25, -0.2) is 5.43 Å². The zero-order valence-corrected chi connectivity index (χ0v) is 13.8. The van der Waals surface area contributed by atoms with Crippen LogP contribution in [0.25, 0.3) is 0 Å². The third-order valence-electron chi connectivity index (χ3n) is 3.25. The number of nitrogens with zero attached hydrogens (tertiary/aromatic N) is 2. The van der Waals surface area contributed by atoms with E-state index in [1.165, 1.54) is 31.5 Å². The highest BCUT2D eigenvalue weighted by Crippen LogP contribution is 2.16. The Morgan fingerprint density at radius 1 is 1.23 bits per heavy atom. The predicted molar refractivity (Wildman–Crippen MR) is 94.2 cm³/mol. The van der Waals surface area contributed by atoms with Crippen LogP contribution in [-0.2, 0) is 4.79 Å². The summed E-state index contributed by atoms with van der Waals surface area (Å²) in [5, 5.41) is 16.8. The first-order valence-corrected chi connectivity index (χ1v) is 7.49. The zero-order valence-electron chi connectivity index (χ0n) is 13.8. The number of nitrogens with one attached hydrogen (secondary N) is 2. The van der Waals surface area contributed by atoms with Gasteiger partial charge in [0.05, 0.1) is 30.4 Å². The molecule has 0 unspecified atom stereocenters. The van der Waals surface area contributed by atoms with E-state index in [1.807, 2.05) is 0 Å². The van der Waals surface area contributed by atoms with Gasteiger partial charge in [0.1, 0.15) is 5.75 Å². The molecule has 0 aliphatic carbocycles. The number of benzene rings is 2. The van der Waals surface area contributed by atoms with Crippen LogP contribution in [0.3, 0.4) is 0 Å². The third kappa shape index (κ3) is 5.13. The number of ether oxygens (including phenoxy) is 1. The van der Waals surface area contributed by atoms with Crippen LogP contribution in [0.5, 0.6) is 5.75 Å². The molecule has 2 N–H and O–H groups in total. The Morgan fingerprint density at radius 2 is 2.00 bits per heavy atom. The second-order valence-electron chi connectivity index (χ2n) is 5.03. The average Bonchev–Trinajstić information content (AvgIpc) is 2.66. The lowest BCUT2D eigenvalue weighted by atomic mass is 10.2. The number of nitro groups is 1. The maximum absolute atomic E-state index is 12.1. The predicted octanol–water partition coefficient (Wildman–Crippen LogP) is 1.48. The van der Waals surface area contributed by atoms with Crippen molar-refractivity contribution < 1.29 is 19.2 Å². The largest absolute Gasteiger partial charge is 0.496 e. The van der Waals surface area contributed by atoms with E-state index in [1.54, 1.807) is 30.3 Å². The Hall–Kier alpha value is -3.75. The highest BCUT2D eigenvalue weighted by molar-refractivity contribution is 5.98. The minimum absolute atomic E-state index is 0.0793. The van der Waals surface area contributed by atoms with Crippen LogP contribution in [0, 0.1) is 10.1 Å². The van der Waals surface area contributed by atoms with Crippen molar-refractivity contribution in [2.75, 3.05) is 13.7 Å². The minimum Gasteiger partial charge on any atom is -0.496 e. The molecule has 0 atom stereocenters. The highest BCUT2D eigenvalue weighted by atomic mass is 16.6. The first-order chi connectivity index (χ1) is 12.5. The van der Waals surface area contributed by atoms with E-state index in [0.717, 1.165) is 0 Å². The average molecular weight is 356 g/mol. The second-order valence-corrected chi connectivity index (χ2v) is 5.03. The number of carbonyl (C=O) groups is 2.